The SMILES string of the molecule is OCC(O)c1nc(N2CC3CCC(C2)N3)c2ccc(-c3cc(O)cc4ccccc34)c(F)c2n1. The topological polar surface area (TPSA) is 102 Å². The molecule has 2 aliphatic rings. The highest BCUT2D eigenvalue weighted by Crippen LogP contribution is 2.38. The lowest BCUT2D eigenvalue weighted by molar-refractivity contribution is 0.0889. The molecule has 3 heterocycles. The molecule has 0 spiro atoms. The van der Waals surface area contributed by atoms with Crippen LogP contribution in [-0.4, -0.2) is 57.1 Å². The second-order valence-corrected chi connectivity index (χ2v) is 9.18. The molecule has 0 aliphatic carbocycles. The van der Waals surface area contributed by atoms with Crippen LogP contribution in [0.25, 0.3) is 32.8 Å². The summed E-state index contributed by atoms with van der Waals surface area (Å²) in [5, 5.41) is 35.9. The Hall–Kier alpha value is -3.33. The smallest absolute Gasteiger partial charge is 0.162 e. The van der Waals surface area contributed by atoms with Crippen molar-refractivity contribution in [3.05, 3.63) is 60.2 Å². The van der Waals surface area contributed by atoms with Gasteiger partial charge < -0.3 is 25.5 Å². The molecule has 3 aromatic carbocycles. The van der Waals surface area contributed by atoms with Crippen molar-refractivity contribution in [3.63, 3.8) is 0 Å². The number of nitrogens with one attached hydrogen (secondary N) is 1. The number of benzene rings is 3. The molecule has 0 radical (unpaired) electrons. The molecule has 7 nitrogen and oxygen atoms in total. The van der Waals surface area contributed by atoms with Gasteiger partial charge in [-0.1, -0.05) is 30.3 Å². The van der Waals surface area contributed by atoms with E-state index in [9.17, 15) is 15.3 Å². The van der Waals surface area contributed by atoms with Gasteiger partial charge in [0.05, 0.1) is 6.61 Å². The molecule has 174 valence electrons. The summed E-state index contributed by atoms with van der Waals surface area (Å²) in [6, 6.07) is 14.9. The first-order valence-electron chi connectivity index (χ1n) is 11.5. The number of aromatic hydroxyl groups is 1. The maximum Gasteiger partial charge on any atom is 0.162 e. The lowest BCUT2D eigenvalue weighted by Gasteiger charge is -2.34. The summed E-state index contributed by atoms with van der Waals surface area (Å²) >= 11 is 0. The Labute approximate surface area is 195 Å². The van der Waals surface area contributed by atoms with Crippen LogP contribution < -0.4 is 10.2 Å². The second kappa shape index (κ2) is 8.16. The second-order valence-electron chi connectivity index (χ2n) is 9.18. The fourth-order valence-electron chi connectivity index (χ4n) is 5.33. The van der Waals surface area contributed by atoms with E-state index in [1.165, 1.54) is 0 Å². The highest BCUT2D eigenvalue weighted by Gasteiger charge is 2.34. The highest BCUT2D eigenvalue weighted by atomic mass is 19.1. The van der Waals surface area contributed by atoms with E-state index in [0.717, 1.165) is 36.7 Å². The van der Waals surface area contributed by atoms with Crippen LogP contribution in [0.5, 0.6) is 5.75 Å². The third kappa shape index (κ3) is 3.46. The Kier molecular flexibility index (Phi) is 5.09. The highest BCUT2D eigenvalue weighted by molar-refractivity contribution is 6.01. The van der Waals surface area contributed by atoms with Gasteiger partial charge in [0.25, 0.3) is 0 Å². The van der Waals surface area contributed by atoms with Gasteiger partial charge in [0.1, 0.15) is 23.2 Å². The molecule has 2 bridgehead atoms. The maximum atomic E-state index is 16.1. The lowest BCUT2D eigenvalue weighted by Crippen LogP contribution is -2.51. The zero-order chi connectivity index (χ0) is 23.4. The molecule has 2 aliphatic heterocycles. The van der Waals surface area contributed by atoms with E-state index in [1.807, 2.05) is 24.3 Å². The van der Waals surface area contributed by atoms with Crippen molar-refractivity contribution in [2.75, 3.05) is 24.6 Å². The normalized spacial score (nSPS) is 20.9. The van der Waals surface area contributed by atoms with Crippen molar-refractivity contribution < 1.29 is 19.7 Å². The van der Waals surface area contributed by atoms with Gasteiger partial charge >= 0.3 is 0 Å². The first-order valence-corrected chi connectivity index (χ1v) is 11.5. The molecular formula is C26H25FN4O3. The molecule has 4 aromatic rings. The predicted octanol–water partition coefficient (Wildman–Crippen LogP) is 3.26. The Morgan fingerprint density at radius 2 is 1.76 bits per heavy atom. The van der Waals surface area contributed by atoms with Gasteiger partial charge in [-0.3, -0.25) is 0 Å². The number of hydrogen-bond acceptors (Lipinski definition) is 7. The van der Waals surface area contributed by atoms with Gasteiger partial charge in [-0.15, -0.1) is 0 Å². The number of aliphatic hydroxyl groups is 2. The van der Waals surface area contributed by atoms with Crippen LogP contribution in [0.1, 0.15) is 24.8 Å². The number of fused-ring (bicyclic) bond motifs is 4. The van der Waals surface area contributed by atoms with Gasteiger partial charge in [0, 0.05) is 36.1 Å². The fraction of sp³-hybridized carbons (Fsp3) is 0.308. The molecule has 2 fully saturated rings. The predicted molar refractivity (Wildman–Crippen MR) is 128 cm³/mol. The van der Waals surface area contributed by atoms with E-state index in [1.54, 1.807) is 24.3 Å². The Balaban J connectivity index is 1.57. The molecule has 3 atom stereocenters. The van der Waals surface area contributed by atoms with Crippen LogP contribution in [0.4, 0.5) is 10.2 Å². The van der Waals surface area contributed by atoms with Gasteiger partial charge in [-0.05, 0) is 47.4 Å². The number of nitrogens with zero attached hydrogens (tertiary/aromatic N) is 3. The van der Waals surface area contributed by atoms with Crippen molar-refractivity contribution in [1.82, 2.24) is 15.3 Å². The van der Waals surface area contributed by atoms with Crippen LogP contribution in [0.15, 0.2) is 48.5 Å². The van der Waals surface area contributed by atoms with Crippen LogP contribution in [0, 0.1) is 5.82 Å². The standard InChI is InChI=1S/C26H25FN4O3/c27-23-19(21-10-17(33)9-14-3-1-2-4-18(14)21)7-8-20-24(23)29-25(22(34)13-32)30-26(20)31-11-15-5-6-16(12-31)28-15/h1-4,7-10,15-16,22,28,32-34H,5-6,11-13H2. The summed E-state index contributed by atoms with van der Waals surface area (Å²) in [4.78, 5) is 11.0. The van der Waals surface area contributed by atoms with Crippen molar-refractivity contribution in [2.24, 2.45) is 0 Å². The molecule has 8 heteroatoms. The molecule has 2 saturated heterocycles. The molecule has 3 unspecified atom stereocenters. The Morgan fingerprint density at radius 1 is 1.00 bits per heavy atom. The summed E-state index contributed by atoms with van der Waals surface area (Å²) < 4.78 is 16.1. The maximum absolute atomic E-state index is 16.1. The minimum Gasteiger partial charge on any atom is -0.508 e. The largest absolute Gasteiger partial charge is 0.508 e. The van der Waals surface area contributed by atoms with Crippen molar-refractivity contribution in [2.45, 2.75) is 31.0 Å². The zero-order valence-corrected chi connectivity index (χ0v) is 18.4. The Bertz CT molecular complexity index is 1400. The summed E-state index contributed by atoms with van der Waals surface area (Å²) in [6.07, 6.45) is 0.853. The molecular weight excluding hydrogens is 435 g/mol. The van der Waals surface area contributed by atoms with Crippen LogP contribution in [0.2, 0.25) is 0 Å². The average Bonchev–Trinajstić information content (AvgIpc) is 3.20. The summed E-state index contributed by atoms with van der Waals surface area (Å²) in [5.74, 6) is 0.0514. The van der Waals surface area contributed by atoms with E-state index >= 15 is 4.39 Å². The van der Waals surface area contributed by atoms with Crippen molar-refractivity contribution in [1.29, 1.82) is 0 Å². The fourth-order valence-corrected chi connectivity index (χ4v) is 5.33. The first kappa shape index (κ1) is 21.2. The molecule has 1 aromatic heterocycles. The van der Waals surface area contributed by atoms with E-state index in [4.69, 9.17) is 0 Å². The Morgan fingerprint density at radius 3 is 2.53 bits per heavy atom. The number of hydrogen-bond donors (Lipinski definition) is 4. The van der Waals surface area contributed by atoms with Gasteiger partial charge in [-0.2, -0.15) is 0 Å². The number of phenolic OH excluding ortho intramolecular Hbond substituents is 1. The summed E-state index contributed by atoms with van der Waals surface area (Å²) in [7, 11) is 0. The number of phenols is 1. The minimum absolute atomic E-state index is 0.00676. The van der Waals surface area contributed by atoms with E-state index < -0.39 is 18.5 Å². The van der Waals surface area contributed by atoms with E-state index in [2.05, 4.69) is 20.2 Å². The van der Waals surface area contributed by atoms with Crippen molar-refractivity contribution >= 4 is 27.5 Å². The van der Waals surface area contributed by atoms with Crippen LogP contribution >= 0.6 is 0 Å². The number of rotatable bonds is 4. The number of halogens is 1. The number of aromatic nitrogens is 2. The van der Waals surface area contributed by atoms with E-state index in [0.29, 0.717) is 34.4 Å². The van der Waals surface area contributed by atoms with E-state index in [-0.39, 0.29) is 17.1 Å². The van der Waals surface area contributed by atoms with Crippen LogP contribution in [0.3, 0.4) is 0 Å². The van der Waals surface area contributed by atoms with Crippen molar-refractivity contribution in [3.8, 4) is 16.9 Å². The first-order chi connectivity index (χ1) is 16.5. The number of aliphatic hydroxyl groups excluding tert-OH is 2. The summed E-state index contributed by atoms with van der Waals surface area (Å²) in [6.45, 7) is 0.909. The summed E-state index contributed by atoms with van der Waals surface area (Å²) in [5.41, 5.74) is 0.942. The van der Waals surface area contributed by atoms with Gasteiger partial charge in [-0.25, -0.2) is 14.4 Å². The molecule has 0 saturated carbocycles. The van der Waals surface area contributed by atoms with Gasteiger partial charge in [0.2, 0.25) is 0 Å². The monoisotopic (exact) mass is 460 g/mol. The minimum atomic E-state index is -1.31. The zero-order valence-electron chi connectivity index (χ0n) is 18.4. The third-order valence-corrected chi connectivity index (χ3v) is 6.93. The molecule has 4 N–H and O–H groups in total. The molecule has 34 heavy (non-hydrogen) atoms. The van der Waals surface area contributed by atoms with Gasteiger partial charge in [0.15, 0.2) is 11.6 Å². The van der Waals surface area contributed by atoms with Crippen LogP contribution in [-0.2, 0) is 0 Å². The average molecular weight is 461 g/mol. The number of piperazine rings is 1. The molecule has 0 amide bonds. The lowest BCUT2D eigenvalue weighted by atomic mass is 9.96. The number of anilines is 1. The molecule has 6 rings (SSSR count). The third-order valence-electron chi connectivity index (χ3n) is 6.93. The quantitative estimate of drug-likeness (QED) is 0.371.